The van der Waals surface area contributed by atoms with Crippen molar-refractivity contribution in [3.05, 3.63) is 36.5 Å². The third-order valence-electron chi connectivity index (χ3n) is 17.4. The average Bonchev–Trinajstić information content (AvgIpc) is 3.48. The maximum absolute atomic E-state index is 12.5. The fourth-order valence-corrected chi connectivity index (χ4v) is 11.7. The standard InChI is InChI=1S/C76H145NO5/c1-3-5-7-9-11-13-15-17-18-19-20-21-29-32-35-38-41-45-48-52-56-60-64-68-74(79)73(72-78)77-75(80)69-65-61-57-53-49-46-42-39-36-33-30-27-25-23-22-24-26-28-31-34-37-40-43-47-51-55-59-63-67-71-82-76(81)70-66-62-58-54-50-44-16-14-12-10-8-6-4-2/h22,24,28,31,64,68,73-74,78-79H,3-21,23,25-27,29-30,32-63,65-67,69-72H2,1-2H3,(H,77,80)/b24-22-,31-28-,68-64+. The zero-order valence-corrected chi connectivity index (χ0v) is 55.5. The fourth-order valence-electron chi connectivity index (χ4n) is 11.7. The van der Waals surface area contributed by atoms with Gasteiger partial charge in [-0.15, -0.1) is 0 Å². The highest BCUT2D eigenvalue weighted by molar-refractivity contribution is 5.76. The number of nitrogens with one attached hydrogen (secondary N) is 1. The zero-order chi connectivity index (χ0) is 59.2. The lowest BCUT2D eigenvalue weighted by Crippen LogP contribution is -2.45. The number of aliphatic hydroxyl groups excluding tert-OH is 2. The van der Waals surface area contributed by atoms with Gasteiger partial charge in [-0.3, -0.25) is 9.59 Å². The van der Waals surface area contributed by atoms with Crippen molar-refractivity contribution in [2.45, 2.75) is 424 Å². The van der Waals surface area contributed by atoms with E-state index in [-0.39, 0.29) is 18.5 Å². The van der Waals surface area contributed by atoms with E-state index in [2.05, 4.69) is 43.5 Å². The molecule has 0 heterocycles. The number of carbonyl (C=O) groups excluding carboxylic acids is 2. The summed E-state index contributed by atoms with van der Waals surface area (Å²) in [6, 6.07) is -0.630. The molecule has 0 aromatic heterocycles. The van der Waals surface area contributed by atoms with Gasteiger partial charge in [-0.05, 0) is 64.2 Å². The highest BCUT2D eigenvalue weighted by Gasteiger charge is 2.18. The van der Waals surface area contributed by atoms with Gasteiger partial charge >= 0.3 is 5.97 Å². The second kappa shape index (κ2) is 71.6. The van der Waals surface area contributed by atoms with Crippen molar-refractivity contribution in [3.8, 4) is 0 Å². The van der Waals surface area contributed by atoms with Crippen LogP contribution in [-0.2, 0) is 14.3 Å². The van der Waals surface area contributed by atoms with E-state index in [1.54, 1.807) is 6.08 Å². The summed E-state index contributed by atoms with van der Waals surface area (Å²) in [5.41, 5.74) is 0. The Bertz CT molecular complexity index is 1330. The van der Waals surface area contributed by atoms with Gasteiger partial charge in [0.15, 0.2) is 0 Å². The molecule has 0 fully saturated rings. The first-order valence-electron chi connectivity index (χ1n) is 37.3. The van der Waals surface area contributed by atoms with Crippen molar-refractivity contribution in [1.82, 2.24) is 5.32 Å². The molecule has 484 valence electrons. The highest BCUT2D eigenvalue weighted by atomic mass is 16.5. The van der Waals surface area contributed by atoms with E-state index in [1.165, 1.54) is 340 Å². The summed E-state index contributed by atoms with van der Waals surface area (Å²) in [7, 11) is 0. The second-order valence-electron chi connectivity index (χ2n) is 25.6. The van der Waals surface area contributed by atoms with Crippen LogP contribution in [0.25, 0.3) is 0 Å². The summed E-state index contributed by atoms with van der Waals surface area (Å²) in [6.07, 6.45) is 92.4. The van der Waals surface area contributed by atoms with E-state index in [1.807, 2.05) is 6.08 Å². The molecule has 0 aliphatic rings. The fraction of sp³-hybridized carbons (Fsp3) is 0.895. The number of hydrogen-bond acceptors (Lipinski definition) is 5. The summed E-state index contributed by atoms with van der Waals surface area (Å²) in [5.74, 6) is -0.0509. The maximum atomic E-state index is 12.5. The Morgan fingerprint density at radius 1 is 0.341 bits per heavy atom. The minimum absolute atomic E-state index is 0.0138. The molecule has 6 nitrogen and oxygen atoms in total. The Kier molecular flexibility index (Phi) is 69.9. The molecule has 2 unspecified atom stereocenters. The lowest BCUT2D eigenvalue weighted by Gasteiger charge is -2.20. The van der Waals surface area contributed by atoms with E-state index in [9.17, 15) is 19.8 Å². The summed E-state index contributed by atoms with van der Waals surface area (Å²) in [4.78, 5) is 24.6. The van der Waals surface area contributed by atoms with Gasteiger partial charge in [0.2, 0.25) is 5.91 Å². The van der Waals surface area contributed by atoms with Crippen LogP contribution >= 0.6 is 0 Å². The van der Waals surface area contributed by atoms with Crippen LogP contribution in [0.3, 0.4) is 0 Å². The SMILES string of the molecule is CCCCCCCCCCCCCCCCCCCCCCC/C=C/C(O)C(CO)NC(=O)CCCCCCCCCCCCCCC/C=C\C/C=C\CCCCCCCCCCCOC(=O)CCCCCCCCCCCCCCC. The van der Waals surface area contributed by atoms with E-state index >= 15 is 0 Å². The Labute approximate surface area is 513 Å². The maximum Gasteiger partial charge on any atom is 0.305 e. The first-order valence-corrected chi connectivity index (χ1v) is 37.3. The van der Waals surface area contributed by atoms with Crippen LogP contribution in [0.1, 0.15) is 412 Å². The molecular formula is C76H145NO5. The molecule has 0 bridgehead atoms. The predicted octanol–water partition coefficient (Wildman–Crippen LogP) is 24.3. The van der Waals surface area contributed by atoms with Gasteiger partial charge in [0.1, 0.15) is 0 Å². The zero-order valence-electron chi connectivity index (χ0n) is 55.5. The Hall–Kier alpha value is -1.92. The summed E-state index contributed by atoms with van der Waals surface area (Å²) in [6.45, 7) is 4.94. The molecule has 0 aromatic rings. The van der Waals surface area contributed by atoms with E-state index < -0.39 is 12.1 Å². The van der Waals surface area contributed by atoms with E-state index in [0.717, 1.165) is 44.9 Å². The van der Waals surface area contributed by atoms with Crippen molar-refractivity contribution < 1.29 is 24.5 Å². The summed E-state index contributed by atoms with van der Waals surface area (Å²) < 4.78 is 5.48. The summed E-state index contributed by atoms with van der Waals surface area (Å²) in [5, 5.41) is 23.3. The average molecular weight is 1150 g/mol. The van der Waals surface area contributed by atoms with Crippen LogP contribution in [0.4, 0.5) is 0 Å². The number of carbonyl (C=O) groups is 2. The molecular weight excluding hydrogens is 1010 g/mol. The Morgan fingerprint density at radius 2 is 0.610 bits per heavy atom. The quantitative estimate of drug-likeness (QED) is 0.0320. The van der Waals surface area contributed by atoms with Crippen LogP contribution < -0.4 is 5.32 Å². The molecule has 0 aliphatic heterocycles. The van der Waals surface area contributed by atoms with Crippen molar-refractivity contribution >= 4 is 11.9 Å². The normalized spacial score (nSPS) is 12.7. The largest absolute Gasteiger partial charge is 0.466 e. The Morgan fingerprint density at radius 3 is 0.927 bits per heavy atom. The lowest BCUT2D eigenvalue weighted by atomic mass is 10.0. The lowest BCUT2D eigenvalue weighted by molar-refractivity contribution is -0.143. The minimum atomic E-state index is -0.847. The third kappa shape index (κ3) is 67.2. The minimum Gasteiger partial charge on any atom is -0.466 e. The van der Waals surface area contributed by atoms with Gasteiger partial charge in [0.25, 0.3) is 0 Å². The van der Waals surface area contributed by atoms with Gasteiger partial charge in [0, 0.05) is 12.8 Å². The van der Waals surface area contributed by atoms with Crippen LogP contribution in [0.2, 0.25) is 0 Å². The molecule has 0 spiro atoms. The summed E-state index contributed by atoms with van der Waals surface area (Å²) >= 11 is 0. The topological polar surface area (TPSA) is 95.9 Å². The first kappa shape index (κ1) is 80.1. The number of allylic oxidation sites excluding steroid dienone is 5. The molecule has 0 rings (SSSR count). The monoisotopic (exact) mass is 1150 g/mol. The van der Waals surface area contributed by atoms with E-state index in [0.29, 0.717) is 19.4 Å². The third-order valence-corrected chi connectivity index (χ3v) is 17.4. The van der Waals surface area contributed by atoms with Crippen LogP contribution in [0.5, 0.6) is 0 Å². The number of amides is 1. The predicted molar refractivity (Wildman–Crippen MR) is 361 cm³/mol. The number of unbranched alkanes of at least 4 members (excludes halogenated alkanes) is 55. The van der Waals surface area contributed by atoms with Gasteiger partial charge < -0.3 is 20.3 Å². The number of ether oxygens (including phenoxy) is 1. The molecule has 2 atom stereocenters. The van der Waals surface area contributed by atoms with Gasteiger partial charge in [0.05, 0.1) is 25.4 Å². The van der Waals surface area contributed by atoms with Crippen molar-refractivity contribution in [1.29, 1.82) is 0 Å². The van der Waals surface area contributed by atoms with Gasteiger partial charge in [-0.2, -0.15) is 0 Å². The van der Waals surface area contributed by atoms with Crippen LogP contribution in [0.15, 0.2) is 36.5 Å². The highest BCUT2D eigenvalue weighted by Crippen LogP contribution is 2.19. The second-order valence-corrected chi connectivity index (χ2v) is 25.6. The molecule has 0 aromatic carbocycles. The molecule has 0 saturated carbocycles. The van der Waals surface area contributed by atoms with Crippen LogP contribution in [-0.4, -0.2) is 47.4 Å². The van der Waals surface area contributed by atoms with Gasteiger partial charge in [-0.1, -0.05) is 371 Å². The molecule has 3 N–H and O–H groups in total. The van der Waals surface area contributed by atoms with Crippen LogP contribution in [0, 0.1) is 0 Å². The van der Waals surface area contributed by atoms with Gasteiger partial charge in [-0.25, -0.2) is 0 Å². The molecule has 0 aliphatic carbocycles. The Balaban J connectivity index is 3.43. The number of aliphatic hydroxyl groups is 2. The molecule has 6 heteroatoms. The number of hydrogen-bond donors (Lipinski definition) is 3. The molecule has 0 radical (unpaired) electrons. The van der Waals surface area contributed by atoms with Crippen molar-refractivity contribution in [2.75, 3.05) is 13.2 Å². The molecule has 0 saturated heterocycles. The molecule has 1 amide bonds. The number of esters is 1. The number of rotatable bonds is 70. The first-order chi connectivity index (χ1) is 40.5. The van der Waals surface area contributed by atoms with Crippen molar-refractivity contribution in [3.63, 3.8) is 0 Å². The molecule has 82 heavy (non-hydrogen) atoms. The van der Waals surface area contributed by atoms with E-state index in [4.69, 9.17) is 4.74 Å². The smallest absolute Gasteiger partial charge is 0.305 e. The van der Waals surface area contributed by atoms with Crippen molar-refractivity contribution in [2.24, 2.45) is 0 Å².